The number of hydrogen-bond acceptors (Lipinski definition) is 4. The summed E-state index contributed by atoms with van der Waals surface area (Å²) in [5.41, 5.74) is 7.01. The smallest absolute Gasteiger partial charge is 0.0879 e. The van der Waals surface area contributed by atoms with Crippen LogP contribution in [-0.2, 0) is 0 Å². The molecule has 2 unspecified atom stereocenters. The van der Waals surface area contributed by atoms with E-state index in [0.29, 0.717) is 0 Å². The average molecular weight is 307 g/mol. The lowest BCUT2D eigenvalue weighted by atomic mass is 9.99. The molecule has 18 heavy (non-hydrogen) atoms. The van der Waals surface area contributed by atoms with Gasteiger partial charge in [0, 0.05) is 10.5 Å². The molecule has 2 N–H and O–H groups in total. The van der Waals surface area contributed by atoms with Crippen molar-refractivity contribution >= 4 is 15.9 Å². The van der Waals surface area contributed by atoms with Crippen molar-refractivity contribution in [2.45, 2.75) is 19.0 Å². The molecule has 0 spiro atoms. The summed E-state index contributed by atoms with van der Waals surface area (Å²) in [7, 11) is 0. The van der Waals surface area contributed by atoms with Crippen molar-refractivity contribution in [1.29, 1.82) is 10.5 Å². The maximum Gasteiger partial charge on any atom is 0.0879 e. The second kappa shape index (κ2) is 7.13. The Kier molecular flexibility index (Phi) is 5.80. The molecule has 5 heteroatoms. The molecule has 0 aliphatic rings. The highest BCUT2D eigenvalue weighted by atomic mass is 79.9. The minimum Gasteiger partial charge on any atom is -0.326 e. The lowest BCUT2D eigenvalue weighted by molar-refractivity contribution is 0.221. The summed E-state index contributed by atoms with van der Waals surface area (Å²) >= 11 is 3.42. The molecule has 0 saturated carbocycles. The predicted molar refractivity (Wildman–Crippen MR) is 73.3 cm³/mol. The van der Waals surface area contributed by atoms with Crippen LogP contribution in [0.4, 0.5) is 0 Å². The Bertz CT molecular complexity index is 457. The summed E-state index contributed by atoms with van der Waals surface area (Å²) in [5.74, 6) is 0. The normalized spacial score (nSPS) is 13.7. The fourth-order valence-corrected chi connectivity index (χ4v) is 2.39. The number of hydrogen-bond donors (Lipinski definition) is 1. The summed E-state index contributed by atoms with van der Waals surface area (Å²) in [6.45, 7) is 2.26. The number of halogens is 1. The van der Waals surface area contributed by atoms with E-state index in [0.717, 1.165) is 10.0 Å². The van der Waals surface area contributed by atoms with E-state index in [4.69, 9.17) is 16.3 Å². The summed E-state index contributed by atoms with van der Waals surface area (Å²) in [4.78, 5) is 1.78. The van der Waals surface area contributed by atoms with Gasteiger partial charge in [-0.1, -0.05) is 28.1 Å². The molecule has 0 aliphatic carbocycles. The molecule has 0 heterocycles. The maximum atomic E-state index is 8.84. The van der Waals surface area contributed by atoms with Gasteiger partial charge in [-0.25, -0.2) is 0 Å². The highest BCUT2D eigenvalue weighted by Crippen LogP contribution is 2.25. The fraction of sp³-hybridized carbons (Fsp3) is 0.385. The molecule has 0 aliphatic heterocycles. The standard InChI is InChI=1S/C13H15BrN4/c1-10(17)13(18(7-5-15)8-6-16)11-3-2-4-12(14)9-11/h2-4,9-10,13H,7-8,17H2,1H3. The summed E-state index contributed by atoms with van der Waals surface area (Å²) in [5, 5.41) is 17.7. The first kappa shape index (κ1) is 14.7. The molecule has 0 fully saturated rings. The van der Waals surface area contributed by atoms with Crippen molar-refractivity contribution in [3.8, 4) is 12.1 Å². The third kappa shape index (κ3) is 3.82. The zero-order valence-electron chi connectivity index (χ0n) is 10.2. The van der Waals surface area contributed by atoms with Gasteiger partial charge in [0.05, 0.1) is 31.3 Å². The van der Waals surface area contributed by atoms with E-state index in [2.05, 4.69) is 28.1 Å². The largest absolute Gasteiger partial charge is 0.326 e. The molecule has 0 saturated heterocycles. The molecule has 1 aromatic carbocycles. The van der Waals surface area contributed by atoms with Crippen LogP contribution in [0, 0.1) is 22.7 Å². The van der Waals surface area contributed by atoms with Crippen LogP contribution in [-0.4, -0.2) is 24.0 Å². The van der Waals surface area contributed by atoms with Gasteiger partial charge >= 0.3 is 0 Å². The number of nitrogens with two attached hydrogens (primary N) is 1. The molecule has 0 amide bonds. The number of nitrogens with zero attached hydrogens (tertiary/aromatic N) is 3. The monoisotopic (exact) mass is 306 g/mol. The maximum absolute atomic E-state index is 8.84. The summed E-state index contributed by atoms with van der Waals surface area (Å²) in [6, 6.07) is 11.6. The molecular formula is C13H15BrN4. The molecular weight excluding hydrogens is 292 g/mol. The highest BCUT2D eigenvalue weighted by Gasteiger charge is 2.23. The fourth-order valence-electron chi connectivity index (χ4n) is 1.97. The van der Waals surface area contributed by atoms with E-state index in [1.165, 1.54) is 0 Å². The molecule has 1 aromatic rings. The topological polar surface area (TPSA) is 76.8 Å². The molecule has 94 valence electrons. The minimum atomic E-state index is -0.166. The van der Waals surface area contributed by atoms with Crippen LogP contribution in [0.3, 0.4) is 0 Å². The van der Waals surface area contributed by atoms with Crippen molar-refractivity contribution in [2.24, 2.45) is 5.73 Å². The van der Waals surface area contributed by atoms with Gasteiger partial charge in [-0.2, -0.15) is 10.5 Å². The quantitative estimate of drug-likeness (QED) is 0.846. The number of nitriles is 2. The predicted octanol–water partition coefficient (Wildman–Crippen LogP) is 2.19. The van der Waals surface area contributed by atoms with E-state index < -0.39 is 0 Å². The van der Waals surface area contributed by atoms with Crippen molar-refractivity contribution in [3.05, 3.63) is 34.3 Å². The molecule has 4 nitrogen and oxygen atoms in total. The van der Waals surface area contributed by atoms with Gasteiger partial charge in [-0.05, 0) is 24.6 Å². The molecule has 0 bridgehead atoms. The Labute approximate surface area is 116 Å². The van der Waals surface area contributed by atoms with Gasteiger partial charge in [0.15, 0.2) is 0 Å². The second-order valence-electron chi connectivity index (χ2n) is 4.08. The first-order chi connectivity index (χ1) is 8.60. The van der Waals surface area contributed by atoms with E-state index in [1.54, 1.807) is 4.90 Å². The van der Waals surface area contributed by atoms with Crippen LogP contribution in [0.15, 0.2) is 28.7 Å². The lowest BCUT2D eigenvalue weighted by Crippen LogP contribution is -2.40. The Hall–Kier alpha value is -1.40. The average Bonchev–Trinajstić information content (AvgIpc) is 2.29. The Balaban J connectivity index is 3.08. The van der Waals surface area contributed by atoms with Crippen LogP contribution in [0.5, 0.6) is 0 Å². The SMILES string of the molecule is CC(N)C(c1cccc(Br)c1)N(CC#N)CC#N. The molecule has 0 aromatic heterocycles. The van der Waals surface area contributed by atoms with Crippen LogP contribution in [0.25, 0.3) is 0 Å². The van der Waals surface area contributed by atoms with Gasteiger partial charge in [0.1, 0.15) is 0 Å². The second-order valence-corrected chi connectivity index (χ2v) is 5.00. The van der Waals surface area contributed by atoms with Gasteiger partial charge in [0.25, 0.3) is 0 Å². The minimum absolute atomic E-state index is 0.137. The van der Waals surface area contributed by atoms with Crippen LogP contribution in [0.1, 0.15) is 18.5 Å². The van der Waals surface area contributed by atoms with Gasteiger partial charge in [-0.15, -0.1) is 0 Å². The third-order valence-corrected chi connectivity index (χ3v) is 3.12. The van der Waals surface area contributed by atoms with Crippen LogP contribution >= 0.6 is 15.9 Å². The van der Waals surface area contributed by atoms with Crippen LogP contribution in [0.2, 0.25) is 0 Å². The summed E-state index contributed by atoms with van der Waals surface area (Å²) < 4.78 is 0.958. The van der Waals surface area contributed by atoms with E-state index in [1.807, 2.05) is 31.2 Å². The van der Waals surface area contributed by atoms with Gasteiger partial charge in [0.2, 0.25) is 0 Å². The Morgan fingerprint density at radius 3 is 2.39 bits per heavy atom. The van der Waals surface area contributed by atoms with E-state index >= 15 is 0 Å². The zero-order chi connectivity index (χ0) is 13.5. The summed E-state index contributed by atoms with van der Waals surface area (Å²) in [6.07, 6.45) is 0. The number of rotatable bonds is 5. The van der Waals surface area contributed by atoms with Crippen molar-refractivity contribution in [1.82, 2.24) is 4.90 Å². The van der Waals surface area contributed by atoms with Crippen molar-refractivity contribution in [2.75, 3.05) is 13.1 Å². The number of benzene rings is 1. The Morgan fingerprint density at radius 1 is 1.33 bits per heavy atom. The van der Waals surface area contributed by atoms with E-state index in [-0.39, 0.29) is 25.2 Å². The van der Waals surface area contributed by atoms with Gasteiger partial charge in [-0.3, -0.25) is 4.90 Å². The van der Waals surface area contributed by atoms with E-state index in [9.17, 15) is 0 Å². The first-order valence-corrected chi connectivity index (χ1v) is 6.38. The zero-order valence-corrected chi connectivity index (χ0v) is 11.8. The molecule has 1 rings (SSSR count). The third-order valence-electron chi connectivity index (χ3n) is 2.63. The Morgan fingerprint density at radius 2 is 1.94 bits per heavy atom. The van der Waals surface area contributed by atoms with Crippen molar-refractivity contribution in [3.63, 3.8) is 0 Å². The van der Waals surface area contributed by atoms with Gasteiger partial charge < -0.3 is 5.73 Å². The first-order valence-electron chi connectivity index (χ1n) is 5.59. The van der Waals surface area contributed by atoms with Crippen molar-refractivity contribution < 1.29 is 0 Å². The molecule has 2 atom stereocenters. The highest BCUT2D eigenvalue weighted by molar-refractivity contribution is 9.10. The van der Waals surface area contributed by atoms with Crippen LogP contribution < -0.4 is 5.73 Å². The lowest BCUT2D eigenvalue weighted by Gasteiger charge is -2.31. The molecule has 0 radical (unpaired) electrons.